The van der Waals surface area contributed by atoms with E-state index in [2.05, 4.69) is 5.32 Å². The van der Waals surface area contributed by atoms with Crippen LogP contribution in [-0.2, 0) is 4.79 Å². The molecule has 108 valence electrons. The monoisotopic (exact) mass is 300 g/mol. The maximum atomic E-state index is 11.8. The molecule has 0 aromatic heterocycles. The van der Waals surface area contributed by atoms with Gasteiger partial charge in [0.1, 0.15) is 0 Å². The summed E-state index contributed by atoms with van der Waals surface area (Å²) in [6.07, 6.45) is 0.258. The van der Waals surface area contributed by atoms with Gasteiger partial charge in [0, 0.05) is 18.7 Å². The molecule has 1 aromatic carbocycles. The van der Waals surface area contributed by atoms with E-state index < -0.39 is 22.7 Å². The van der Waals surface area contributed by atoms with Crippen LogP contribution in [0.25, 0.3) is 0 Å². The summed E-state index contributed by atoms with van der Waals surface area (Å²) >= 11 is 5.81. The molecule has 1 aromatic rings. The largest absolute Gasteiger partial charge is 0.481 e. The maximum absolute atomic E-state index is 11.8. The zero-order valence-electron chi connectivity index (χ0n) is 10.6. The first-order valence-corrected chi connectivity index (χ1v) is 6.15. The van der Waals surface area contributed by atoms with Gasteiger partial charge in [-0.05, 0) is 12.5 Å². The lowest BCUT2D eigenvalue weighted by molar-refractivity contribution is -0.384. The van der Waals surface area contributed by atoms with Crippen LogP contribution in [0.4, 0.5) is 5.69 Å². The SMILES string of the molecule is CC(CCNC(=O)c1cc([N+](=O)[O-])ccc1Cl)C(=O)O. The maximum Gasteiger partial charge on any atom is 0.306 e. The second kappa shape index (κ2) is 6.85. The summed E-state index contributed by atoms with van der Waals surface area (Å²) < 4.78 is 0. The van der Waals surface area contributed by atoms with Crippen molar-refractivity contribution < 1.29 is 19.6 Å². The Morgan fingerprint density at radius 1 is 1.50 bits per heavy atom. The predicted octanol–water partition coefficient (Wildman–Crippen LogP) is 2.09. The summed E-state index contributed by atoms with van der Waals surface area (Å²) in [5.74, 6) is -2.11. The van der Waals surface area contributed by atoms with Crippen LogP contribution in [0.15, 0.2) is 18.2 Å². The van der Waals surface area contributed by atoms with Gasteiger partial charge in [-0.2, -0.15) is 0 Å². The molecule has 0 aliphatic heterocycles. The molecule has 20 heavy (non-hydrogen) atoms. The van der Waals surface area contributed by atoms with Gasteiger partial charge in [-0.1, -0.05) is 18.5 Å². The van der Waals surface area contributed by atoms with E-state index in [1.54, 1.807) is 0 Å². The van der Waals surface area contributed by atoms with E-state index in [1.807, 2.05) is 0 Å². The van der Waals surface area contributed by atoms with Gasteiger partial charge >= 0.3 is 5.97 Å². The van der Waals surface area contributed by atoms with Crippen molar-refractivity contribution in [1.29, 1.82) is 0 Å². The number of carboxylic acid groups (broad SMARTS) is 1. The number of nitro groups is 1. The summed E-state index contributed by atoms with van der Waals surface area (Å²) in [7, 11) is 0. The summed E-state index contributed by atoms with van der Waals surface area (Å²) in [5.41, 5.74) is -0.248. The highest BCUT2D eigenvalue weighted by Crippen LogP contribution is 2.21. The normalized spacial score (nSPS) is 11.7. The third kappa shape index (κ3) is 4.20. The Kier molecular flexibility index (Phi) is 5.45. The molecule has 1 atom stereocenters. The smallest absolute Gasteiger partial charge is 0.306 e. The number of nitrogens with zero attached hydrogens (tertiary/aromatic N) is 1. The second-order valence-corrected chi connectivity index (χ2v) is 4.61. The van der Waals surface area contributed by atoms with Gasteiger partial charge in [0.05, 0.1) is 21.4 Å². The Hall–Kier alpha value is -2.15. The topological polar surface area (TPSA) is 110 Å². The Balaban J connectivity index is 2.70. The first-order chi connectivity index (χ1) is 9.32. The van der Waals surface area contributed by atoms with Crippen molar-refractivity contribution in [1.82, 2.24) is 5.32 Å². The first kappa shape index (κ1) is 15.9. The molecular weight excluding hydrogens is 288 g/mol. The number of carbonyl (C=O) groups is 2. The summed E-state index contributed by atoms with van der Waals surface area (Å²) in [4.78, 5) is 32.4. The first-order valence-electron chi connectivity index (χ1n) is 5.78. The van der Waals surface area contributed by atoms with Crippen LogP contribution < -0.4 is 5.32 Å². The highest BCUT2D eigenvalue weighted by molar-refractivity contribution is 6.33. The van der Waals surface area contributed by atoms with Crippen molar-refractivity contribution in [3.05, 3.63) is 38.9 Å². The minimum Gasteiger partial charge on any atom is -0.481 e. The number of carbonyl (C=O) groups excluding carboxylic acids is 1. The standard InChI is InChI=1S/C12H13ClN2O5/c1-7(12(17)18)4-5-14-11(16)9-6-8(15(19)20)2-3-10(9)13/h2-3,6-7H,4-5H2,1H3,(H,14,16)(H,17,18). The molecule has 0 heterocycles. The third-order valence-corrected chi connectivity index (χ3v) is 3.02. The number of halogens is 1. The number of carboxylic acids is 1. The number of amides is 1. The van der Waals surface area contributed by atoms with Gasteiger partial charge in [-0.3, -0.25) is 19.7 Å². The zero-order chi connectivity index (χ0) is 15.3. The summed E-state index contributed by atoms with van der Waals surface area (Å²) in [6, 6.07) is 3.55. The lowest BCUT2D eigenvalue weighted by Gasteiger charge is -2.08. The van der Waals surface area contributed by atoms with Crippen molar-refractivity contribution in [3.63, 3.8) is 0 Å². The van der Waals surface area contributed by atoms with E-state index in [0.717, 1.165) is 6.07 Å². The Morgan fingerprint density at radius 3 is 2.70 bits per heavy atom. The van der Waals surface area contributed by atoms with Crippen LogP contribution >= 0.6 is 11.6 Å². The second-order valence-electron chi connectivity index (χ2n) is 4.21. The molecule has 0 aliphatic carbocycles. The molecule has 0 bridgehead atoms. The molecule has 2 N–H and O–H groups in total. The molecule has 1 unspecified atom stereocenters. The fourth-order valence-corrected chi connectivity index (χ4v) is 1.63. The van der Waals surface area contributed by atoms with E-state index in [-0.39, 0.29) is 29.2 Å². The van der Waals surface area contributed by atoms with Gasteiger partial charge in [0.2, 0.25) is 0 Å². The van der Waals surface area contributed by atoms with E-state index in [9.17, 15) is 19.7 Å². The van der Waals surface area contributed by atoms with Crippen LogP contribution in [-0.4, -0.2) is 28.5 Å². The van der Waals surface area contributed by atoms with Crippen LogP contribution in [0, 0.1) is 16.0 Å². The Labute approximate surface area is 119 Å². The summed E-state index contributed by atoms with van der Waals surface area (Å²) in [6.45, 7) is 1.67. The predicted molar refractivity (Wildman–Crippen MR) is 71.9 cm³/mol. The minimum absolute atomic E-state index is 0.0103. The minimum atomic E-state index is -0.951. The average Bonchev–Trinajstić information content (AvgIpc) is 2.38. The fourth-order valence-electron chi connectivity index (χ4n) is 1.42. The van der Waals surface area contributed by atoms with Crippen molar-refractivity contribution in [2.75, 3.05) is 6.54 Å². The molecule has 0 radical (unpaired) electrons. The molecule has 0 saturated carbocycles. The van der Waals surface area contributed by atoms with Crippen molar-refractivity contribution in [3.8, 4) is 0 Å². The van der Waals surface area contributed by atoms with Crippen LogP contribution in [0.3, 0.4) is 0 Å². The zero-order valence-corrected chi connectivity index (χ0v) is 11.4. The number of hydrogen-bond acceptors (Lipinski definition) is 4. The molecule has 1 amide bonds. The number of rotatable bonds is 6. The van der Waals surface area contributed by atoms with Gasteiger partial charge in [-0.25, -0.2) is 0 Å². The third-order valence-electron chi connectivity index (χ3n) is 2.69. The van der Waals surface area contributed by atoms with Crippen LogP contribution in [0.2, 0.25) is 5.02 Å². The van der Waals surface area contributed by atoms with Gasteiger partial charge in [0.25, 0.3) is 11.6 Å². The molecule has 0 spiro atoms. The van der Waals surface area contributed by atoms with E-state index >= 15 is 0 Å². The number of aliphatic carboxylic acids is 1. The van der Waals surface area contributed by atoms with Crippen LogP contribution in [0.5, 0.6) is 0 Å². The van der Waals surface area contributed by atoms with E-state index in [4.69, 9.17) is 16.7 Å². The van der Waals surface area contributed by atoms with Gasteiger partial charge in [-0.15, -0.1) is 0 Å². The van der Waals surface area contributed by atoms with Crippen molar-refractivity contribution in [2.45, 2.75) is 13.3 Å². The van der Waals surface area contributed by atoms with Crippen molar-refractivity contribution in [2.24, 2.45) is 5.92 Å². The van der Waals surface area contributed by atoms with Crippen molar-refractivity contribution >= 4 is 29.2 Å². The quantitative estimate of drug-likeness (QED) is 0.617. The number of nitrogens with one attached hydrogen (secondary N) is 1. The van der Waals surface area contributed by atoms with Gasteiger partial charge in [0.15, 0.2) is 0 Å². The average molecular weight is 301 g/mol. The van der Waals surface area contributed by atoms with E-state index in [1.165, 1.54) is 19.1 Å². The molecule has 0 aliphatic rings. The molecule has 0 saturated heterocycles. The highest BCUT2D eigenvalue weighted by atomic mass is 35.5. The number of non-ortho nitro benzene ring substituents is 1. The fraction of sp³-hybridized carbons (Fsp3) is 0.333. The Morgan fingerprint density at radius 2 is 2.15 bits per heavy atom. The lowest BCUT2D eigenvalue weighted by Crippen LogP contribution is -2.27. The van der Waals surface area contributed by atoms with E-state index in [0.29, 0.717) is 0 Å². The van der Waals surface area contributed by atoms with Crippen LogP contribution in [0.1, 0.15) is 23.7 Å². The molecule has 0 fully saturated rings. The molecule has 8 heteroatoms. The lowest BCUT2D eigenvalue weighted by atomic mass is 10.1. The number of benzene rings is 1. The Bertz CT molecular complexity index is 547. The highest BCUT2D eigenvalue weighted by Gasteiger charge is 2.16. The molecule has 7 nitrogen and oxygen atoms in total. The molecular formula is C12H13ClN2O5. The number of nitro benzene ring substituents is 1. The molecule has 1 rings (SSSR count). The summed E-state index contributed by atoms with van der Waals surface area (Å²) in [5, 5.41) is 21.9. The number of hydrogen-bond donors (Lipinski definition) is 2. The van der Waals surface area contributed by atoms with Gasteiger partial charge < -0.3 is 10.4 Å².